The molecule has 0 atom stereocenters. The van der Waals surface area contributed by atoms with E-state index in [0.717, 1.165) is 21.7 Å². The Kier molecular flexibility index (Phi) is 4.70. The molecule has 20 heavy (non-hydrogen) atoms. The van der Waals surface area contributed by atoms with Crippen molar-refractivity contribution in [3.8, 4) is 11.1 Å². The van der Waals surface area contributed by atoms with Gasteiger partial charge in [-0.2, -0.15) is 12.6 Å². The first-order chi connectivity index (χ1) is 9.60. The highest BCUT2D eigenvalue weighted by molar-refractivity contribution is 7.80. The van der Waals surface area contributed by atoms with E-state index in [0.29, 0.717) is 5.75 Å². The smallest absolute Gasteiger partial charge is 0.133 e. The van der Waals surface area contributed by atoms with Gasteiger partial charge in [0, 0.05) is 11.4 Å². The lowest BCUT2D eigenvalue weighted by Crippen LogP contribution is -2.13. The van der Waals surface area contributed by atoms with E-state index in [4.69, 9.17) is 11.1 Å². The van der Waals surface area contributed by atoms with Crippen molar-refractivity contribution in [2.75, 3.05) is 11.1 Å². The summed E-state index contributed by atoms with van der Waals surface area (Å²) in [5, 5.41) is 23.6. The number of benzene rings is 1. The van der Waals surface area contributed by atoms with Crippen LogP contribution >= 0.6 is 24.0 Å². The topological polar surface area (TPSA) is 85.0 Å². The van der Waals surface area contributed by atoms with Gasteiger partial charge in [-0.15, -0.1) is 11.3 Å². The molecule has 0 fully saturated rings. The SMILES string of the molecule is N=C(N)c1cc(-c2cccc(N/C([O-])=C/CS)c2)cs1. The standard InChI is InChI=1S/C14H15N3OS2/c15-14(16)12-7-10(8-20-12)9-2-1-3-11(6-9)17-13(18)4-5-19/h1-4,6-8,17-19H,5H2,(H3,15,16)/p-1/b13-4-. The van der Waals surface area contributed by atoms with Crippen molar-refractivity contribution >= 4 is 35.5 Å². The van der Waals surface area contributed by atoms with Gasteiger partial charge in [0.15, 0.2) is 0 Å². The van der Waals surface area contributed by atoms with Crippen molar-refractivity contribution in [1.82, 2.24) is 0 Å². The van der Waals surface area contributed by atoms with Crippen LogP contribution in [0.2, 0.25) is 0 Å². The van der Waals surface area contributed by atoms with Crippen LogP contribution in [0.25, 0.3) is 11.1 Å². The monoisotopic (exact) mass is 304 g/mol. The number of nitrogens with two attached hydrogens (primary N) is 1. The van der Waals surface area contributed by atoms with Crippen LogP contribution in [0, 0.1) is 5.41 Å². The predicted octanol–water partition coefficient (Wildman–Crippen LogP) is 2.24. The summed E-state index contributed by atoms with van der Waals surface area (Å²) in [7, 11) is 0. The van der Waals surface area contributed by atoms with E-state index in [1.165, 1.54) is 17.4 Å². The first-order valence-electron chi connectivity index (χ1n) is 5.88. The molecule has 0 aliphatic heterocycles. The Labute approximate surface area is 126 Å². The molecule has 0 saturated carbocycles. The van der Waals surface area contributed by atoms with Crippen LogP contribution in [0.15, 0.2) is 47.7 Å². The molecule has 0 saturated heterocycles. The van der Waals surface area contributed by atoms with E-state index < -0.39 is 0 Å². The number of hydrogen-bond donors (Lipinski definition) is 4. The molecular formula is C14H14N3OS2-. The molecule has 0 spiro atoms. The summed E-state index contributed by atoms with van der Waals surface area (Å²) in [4.78, 5) is 0.734. The fraction of sp³-hybridized carbons (Fsp3) is 0.0714. The minimum Gasteiger partial charge on any atom is -0.860 e. The van der Waals surface area contributed by atoms with Gasteiger partial charge in [0.25, 0.3) is 0 Å². The molecule has 104 valence electrons. The summed E-state index contributed by atoms with van der Waals surface area (Å²) in [6.07, 6.45) is 1.47. The summed E-state index contributed by atoms with van der Waals surface area (Å²) in [5.41, 5.74) is 8.13. The van der Waals surface area contributed by atoms with E-state index in [1.54, 1.807) is 0 Å². The lowest BCUT2D eigenvalue weighted by molar-refractivity contribution is -0.299. The highest BCUT2D eigenvalue weighted by Crippen LogP contribution is 2.27. The minimum atomic E-state index is -0.174. The molecule has 0 bridgehead atoms. The number of nitrogen functional groups attached to an aromatic ring is 1. The van der Waals surface area contributed by atoms with E-state index in [-0.39, 0.29) is 11.7 Å². The van der Waals surface area contributed by atoms with Crippen molar-refractivity contribution in [3.63, 3.8) is 0 Å². The number of nitrogens with one attached hydrogen (secondary N) is 2. The molecule has 4 nitrogen and oxygen atoms in total. The zero-order valence-corrected chi connectivity index (χ0v) is 12.3. The number of thiophene rings is 1. The van der Waals surface area contributed by atoms with Gasteiger partial charge >= 0.3 is 0 Å². The normalized spacial score (nSPS) is 11.3. The van der Waals surface area contributed by atoms with E-state index >= 15 is 0 Å². The molecular weight excluding hydrogens is 290 g/mol. The molecule has 0 amide bonds. The Bertz CT molecular complexity index is 649. The fourth-order valence-corrected chi connectivity index (χ4v) is 2.63. The van der Waals surface area contributed by atoms with Gasteiger partial charge in [-0.1, -0.05) is 18.2 Å². The van der Waals surface area contributed by atoms with Crippen LogP contribution in [0.5, 0.6) is 0 Å². The van der Waals surface area contributed by atoms with Crippen molar-refractivity contribution < 1.29 is 5.11 Å². The first-order valence-corrected chi connectivity index (χ1v) is 7.40. The maximum atomic E-state index is 11.5. The molecule has 4 N–H and O–H groups in total. The van der Waals surface area contributed by atoms with Crippen molar-refractivity contribution in [3.05, 3.63) is 52.5 Å². The summed E-state index contributed by atoms with van der Waals surface area (Å²) in [6, 6.07) is 9.40. The van der Waals surface area contributed by atoms with Gasteiger partial charge < -0.3 is 16.2 Å². The van der Waals surface area contributed by atoms with Crippen LogP contribution in [0.3, 0.4) is 0 Å². The first kappa shape index (κ1) is 14.5. The molecule has 0 aliphatic rings. The van der Waals surface area contributed by atoms with Crippen molar-refractivity contribution in [2.24, 2.45) is 5.73 Å². The van der Waals surface area contributed by atoms with Crippen LogP contribution < -0.4 is 16.2 Å². The summed E-state index contributed by atoms with van der Waals surface area (Å²) < 4.78 is 0. The average Bonchev–Trinajstić information content (AvgIpc) is 2.89. The van der Waals surface area contributed by atoms with Gasteiger partial charge in [-0.25, -0.2) is 0 Å². The van der Waals surface area contributed by atoms with Gasteiger partial charge in [0.1, 0.15) is 5.84 Å². The molecule has 2 rings (SSSR count). The Morgan fingerprint density at radius 2 is 2.20 bits per heavy atom. The maximum absolute atomic E-state index is 11.5. The van der Waals surface area contributed by atoms with E-state index in [1.807, 2.05) is 35.7 Å². The molecule has 1 aromatic heterocycles. The average molecular weight is 304 g/mol. The van der Waals surface area contributed by atoms with Crippen LogP contribution in [-0.4, -0.2) is 11.6 Å². The third kappa shape index (κ3) is 3.55. The van der Waals surface area contributed by atoms with E-state index in [9.17, 15) is 5.11 Å². The third-order valence-corrected chi connectivity index (χ3v) is 3.75. The van der Waals surface area contributed by atoms with Gasteiger partial charge in [0.2, 0.25) is 0 Å². The molecule has 0 unspecified atom stereocenters. The highest BCUT2D eigenvalue weighted by atomic mass is 32.1. The lowest BCUT2D eigenvalue weighted by atomic mass is 10.1. The maximum Gasteiger partial charge on any atom is 0.133 e. The number of amidine groups is 1. The fourth-order valence-electron chi connectivity index (χ4n) is 1.68. The number of rotatable bonds is 5. The Hall–Kier alpha value is -1.92. The van der Waals surface area contributed by atoms with Crippen molar-refractivity contribution in [1.29, 1.82) is 5.41 Å². The highest BCUT2D eigenvalue weighted by Gasteiger charge is 2.05. The van der Waals surface area contributed by atoms with E-state index in [2.05, 4.69) is 17.9 Å². The molecule has 6 heteroatoms. The second kappa shape index (κ2) is 6.49. The molecule has 1 heterocycles. The number of hydrogen-bond acceptors (Lipinski definition) is 5. The summed E-state index contributed by atoms with van der Waals surface area (Å²) in [6.45, 7) is 0. The Morgan fingerprint density at radius 3 is 2.85 bits per heavy atom. The Morgan fingerprint density at radius 1 is 1.40 bits per heavy atom. The zero-order valence-electron chi connectivity index (χ0n) is 10.6. The second-order valence-corrected chi connectivity index (χ2v) is 5.35. The quantitative estimate of drug-likeness (QED) is 0.296. The number of thiol groups is 1. The number of anilines is 1. The largest absolute Gasteiger partial charge is 0.860 e. The molecule has 0 aliphatic carbocycles. The zero-order chi connectivity index (χ0) is 14.5. The van der Waals surface area contributed by atoms with Gasteiger partial charge in [-0.05, 0) is 40.6 Å². The van der Waals surface area contributed by atoms with Gasteiger partial charge in [0.05, 0.1) is 4.88 Å². The van der Waals surface area contributed by atoms with Crippen LogP contribution in [0.1, 0.15) is 4.88 Å². The molecule has 1 aromatic carbocycles. The molecule has 2 aromatic rings. The second-order valence-electron chi connectivity index (χ2n) is 4.07. The van der Waals surface area contributed by atoms with Crippen molar-refractivity contribution in [2.45, 2.75) is 0 Å². The van der Waals surface area contributed by atoms with Gasteiger partial charge in [-0.3, -0.25) is 5.41 Å². The lowest BCUT2D eigenvalue weighted by Gasteiger charge is -2.15. The summed E-state index contributed by atoms with van der Waals surface area (Å²) >= 11 is 5.41. The molecule has 0 radical (unpaired) electrons. The third-order valence-electron chi connectivity index (χ3n) is 2.61. The predicted molar refractivity (Wildman–Crippen MR) is 86.3 cm³/mol. The Balaban J connectivity index is 2.24. The minimum absolute atomic E-state index is 0.0640. The summed E-state index contributed by atoms with van der Waals surface area (Å²) in [5.74, 6) is 0.291. The van der Waals surface area contributed by atoms with Crippen LogP contribution in [0.4, 0.5) is 5.69 Å². The van der Waals surface area contributed by atoms with Crippen LogP contribution in [-0.2, 0) is 0 Å².